The first-order valence-corrected chi connectivity index (χ1v) is 7.24. The van der Waals surface area contributed by atoms with Gasteiger partial charge in [0.1, 0.15) is 0 Å². The molecule has 0 unspecified atom stereocenters. The Hall–Kier alpha value is -0.540. The fraction of sp³-hybridized carbons (Fsp3) is 0.571. The van der Waals surface area contributed by atoms with E-state index in [1.54, 1.807) is 0 Å². The summed E-state index contributed by atoms with van der Waals surface area (Å²) in [6, 6.07) is 4.87. The van der Waals surface area contributed by atoms with Gasteiger partial charge in [0.25, 0.3) is 0 Å². The van der Waals surface area contributed by atoms with Crippen LogP contribution in [0, 0.1) is 6.92 Å². The number of hydrogen-bond donors (Lipinski definition) is 2. The van der Waals surface area contributed by atoms with E-state index in [1.807, 2.05) is 0 Å². The minimum absolute atomic E-state index is 0.683. The number of hydrogen-bond acceptors (Lipinski definition) is 2. The number of nitrogens with two attached hydrogens (primary N) is 1. The summed E-state index contributed by atoms with van der Waals surface area (Å²) < 4.78 is 1.12. The van der Waals surface area contributed by atoms with Gasteiger partial charge in [0.2, 0.25) is 0 Å². The van der Waals surface area contributed by atoms with Gasteiger partial charge < -0.3 is 11.1 Å². The van der Waals surface area contributed by atoms with E-state index in [4.69, 9.17) is 5.73 Å². The molecule has 1 fully saturated rings. The van der Waals surface area contributed by atoms with Gasteiger partial charge >= 0.3 is 0 Å². The Morgan fingerprint density at radius 1 is 1.29 bits per heavy atom. The van der Waals surface area contributed by atoms with Crippen molar-refractivity contribution in [3.63, 3.8) is 0 Å². The summed E-state index contributed by atoms with van der Waals surface area (Å²) in [5.41, 5.74) is 9.40. The summed E-state index contributed by atoms with van der Waals surface area (Å²) in [5, 5.41) is 3.63. The maximum atomic E-state index is 6.11. The number of halogens is 1. The Morgan fingerprint density at radius 2 is 2.00 bits per heavy atom. The fourth-order valence-electron chi connectivity index (χ4n) is 2.53. The first-order chi connectivity index (χ1) is 8.16. The smallest absolute Gasteiger partial charge is 0.0390 e. The van der Waals surface area contributed by atoms with Crippen LogP contribution in [0.4, 0.5) is 5.69 Å². The van der Waals surface area contributed by atoms with Crippen LogP contribution in [0.1, 0.15) is 43.2 Å². The molecule has 1 aliphatic rings. The van der Waals surface area contributed by atoms with Crippen molar-refractivity contribution in [1.82, 2.24) is 5.32 Å². The van der Waals surface area contributed by atoms with E-state index in [0.717, 1.165) is 22.3 Å². The van der Waals surface area contributed by atoms with Crippen LogP contribution in [-0.2, 0) is 6.54 Å². The molecule has 0 bridgehead atoms. The van der Waals surface area contributed by atoms with E-state index in [9.17, 15) is 0 Å². The van der Waals surface area contributed by atoms with Crippen LogP contribution in [-0.4, -0.2) is 6.04 Å². The van der Waals surface area contributed by atoms with Crippen molar-refractivity contribution in [3.05, 3.63) is 27.7 Å². The molecule has 1 aromatic rings. The number of anilines is 1. The first-order valence-electron chi connectivity index (χ1n) is 6.44. The first kappa shape index (κ1) is 12.9. The highest BCUT2D eigenvalue weighted by atomic mass is 79.9. The van der Waals surface area contributed by atoms with Crippen LogP contribution in [0.15, 0.2) is 16.6 Å². The van der Waals surface area contributed by atoms with Gasteiger partial charge in [-0.05, 0) is 43.0 Å². The van der Waals surface area contributed by atoms with Crippen LogP contribution in [0.25, 0.3) is 0 Å². The molecule has 0 heterocycles. The SMILES string of the molecule is Cc1cc(Br)cc(CNC2CCCCC2)c1N. The number of nitrogen functional groups attached to an aromatic ring is 1. The van der Waals surface area contributed by atoms with E-state index in [0.29, 0.717) is 6.04 Å². The molecule has 0 aromatic heterocycles. The van der Waals surface area contributed by atoms with E-state index in [1.165, 1.54) is 37.7 Å². The zero-order chi connectivity index (χ0) is 12.3. The summed E-state index contributed by atoms with van der Waals surface area (Å²) in [6.07, 6.45) is 6.76. The molecule has 0 saturated heterocycles. The molecular weight excluding hydrogens is 276 g/mol. The van der Waals surface area contributed by atoms with E-state index in [2.05, 4.69) is 40.3 Å². The summed E-state index contributed by atoms with van der Waals surface area (Å²) in [7, 11) is 0. The molecule has 0 spiro atoms. The molecule has 0 aliphatic heterocycles. The van der Waals surface area contributed by atoms with Gasteiger partial charge in [0.05, 0.1) is 0 Å². The van der Waals surface area contributed by atoms with Gasteiger partial charge in [-0.1, -0.05) is 35.2 Å². The molecule has 0 radical (unpaired) electrons. The molecule has 1 aromatic carbocycles. The van der Waals surface area contributed by atoms with Crippen LogP contribution in [0.2, 0.25) is 0 Å². The van der Waals surface area contributed by atoms with Gasteiger partial charge in [0, 0.05) is 22.7 Å². The third-order valence-corrected chi connectivity index (χ3v) is 4.08. The highest BCUT2D eigenvalue weighted by Crippen LogP contribution is 2.24. The molecule has 3 N–H and O–H groups in total. The van der Waals surface area contributed by atoms with Gasteiger partial charge in [-0.25, -0.2) is 0 Å². The molecule has 0 amide bonds. The van der Waals surface area contributed by atoms with Gasteiger partial charge in [-0.2, -0.15) is 0 Å². The maximum Gasteiger partial charge on any atom is 0.0390 e. The molecular formula is C14H21BrN2. The average Bonchev–Trinajstić information content (AvgIpc) is 2.33. The lowest BCUT2D eigenvalue weighted by molar-refractivity contribution is 0.372. The van der Waals surface area contributed by atoms with Crippen LogP contribution >= 0.6 is 15.9 Å². The molecule has 17 heavy (non-hydrogen) atoms. The number of nitrogens with one attached hydrogen (secondary N) is 1. The Balaban J connectivity index is 1.98. The van der Waals surface area contributed by atoms with Crippen molar-refractivity contribution in [2.75, 3.05) is 5.73 Å². The van der Waals surface area contributed by atoms with Crippen molar-refractivity contribution in [2.24, 2.45) is 0 Å². The predicted octanol–water partition coefficient (Wildman–Crippen LogP) is 3.76. The third kappa shape index (κ3) is 3.46. The zero-order valence-electron chi connectivity index (χ0n) is 10.4. The molecule has 2 rings (SSSR count). The minimum Gasteiger partial charge on any atom is -0.398 e. The molecule has 1 aliphatic carbocycles. The summed E-state index contributed by atoms with van der Waals surface area (Å²) >= 11 is 3.53. The molecule has 94 valence electrons. The van der Waals surface area contributed by atoms with Crippen LogP contribution < -0.4 is 11.1 Å². The van der Waals surface area contributed by atoms with Crippen molar-refractivity contribution < 1.29 is 0 Å². The minimum atomic E-state index is 0.683. The number of benzene rings is 1. The second kappa shape index (κ2) is 5.87. The van der Waals surface area contributed by atoms with Gasteiger partial charge in [-0.3, -0.25) is 0 Å². The highest BCUT2D eigenvalue weighted by Gasteiger charge is 2.13. The Labute approximate surface area is 112 Å². The van der Waals surface area contributed by atoms with Crippen LogP contribution in [0.5, 0.6) is 0 Å². The largest absolute Gasteiger partial charge is 0.398 e. The second-order valence-electron chi connectivity index (χ2n) is 5.01. The summed E-state index contributed by atoms with van der Waals surface area (Å²) in [6.45, 7) is 2.95. The average molecular weight is 297 g/mol. The van der Waals surface area contributed by atoms with Crippen LogP contribution in [0.3, 0.4) is 0 Å². The fourth-order valence-corrected chi connectivity index (χ4v) is 3.15. The van der Waals surface area contributed by atoms with E-state index >= 15 is 0 Å². The maximum absolute atomic E-state index is 6.11. The lowest BCUT2D eigenvalue weighted by atomic mass is 9.95. The Kier molecular flexibility index (Phi) is 4.46. The molecule has 2 nitrogen and oxygen atoms in total. The van der Waals surface area contributed by atoms with Gasteiger partial charge in [-0.15, -0.1) is 0 Å². The normalized spacial score (nSPS) is 17.3. The van der Waals surface area contributed by atoms with E-state index < -0.39 is 0 Å². The van der Waals surface area contributed by atoms with Crippen molar-refractivity contribution >= 4 is 21.6 Å². The third-order valence-electron chi connectivity index (χ3n) is 3.62. The number of aryl methyl sites for hydroxylation is 1. The molecule has 1 saturated carbocycles. The highest BCUT2D eigenvalue weighted by molar-refractivity contribution is 9.10. The number of rotatable bonds is 3. The quantitative estimate of drug-likeness (QED) is 0.834. The Bertz CT molecular complexity index is 384. The van der Waals surface area contributed by atoms with Gasteiger partial charge in [0.15, 0.2) is 0 Å². The van der Waals surface area contributed by atoms with Crippen molar-refractivity contribution in [3.8, 4) is 0 Å². The summed E-state index contributed by atoms with van der Waals surface area (Å²) in [5.74, 6) is 0. The Morgan fingerprint density at radius 3 is 2.71 bits per heavy atom. The zero-order valence-corrected chi connectivity index (χ0v) is 12.0. The second-order valence-corrected chi connectivity index (χ2v) is 5.93. The van der Waals surface area contributed by atoms with E-state index in [-0.39, 0.29) is 0 Å². The standard InChI is InChI=1S/C14H21BrN2/c1-10-7-12(15)8-11(14(10)16)9-17-13-5-3-2-4-6-13/h7-8,13,17H,2-6,9,16H2,1H3. The topological polar surface area (TPSA) is 38.0 Å². The van der Waals surface area contributed by atoms with Crippen molar-refractivity contribution in [1.29, 1.82) is 0 Å². The summed E-state index contributed by atoms with van der Waals surface area (Å²) in [4.78, 5) is 0. The molecule has 0 atom stereocenters. The van der Waals surface area contributed by atoms with Crippen molar-refractivity contribution in [2.45, 2.75) is 51.6 Å². The monoisotopic (exact) mass is 296 g/mol. The lowest BCUT2D eigenvalue weighted by Crippen LogP contribution is -2.30. The predicted molar refractivity (Wildman–Crippen MR) is 77.0 cm³/mol. The lowest BCUT2D eigenvalue weighted by Gasteiger charge is -2.23. The molecule has 3 heteroatoms.